The maximum Gasteiger partial charge on any atom is 0.238 e. The Hall–Kier alpha value is -2.88. The fourth-order valence-electron chi connectivity index (χ4n) is 2.02. The number of nitrogen functional groups attached to an aromatic ring is 1. The Morgan fingerprint density at radius 2 is 2.08 bits per heavy atom. The molecule has 25 heavy (non-hydrogen) atoms. The Morgan fingerprint density at radius 3 is 2.72 bits per heavy atom. The summed E-state index contributed by atoms with van der Waals surface area (Å²) in [5.41, 5.74) is 0.624. The minimum Gasteiger partial charge on any atom is -0.360 e. The van der Waals surface area contributed by atoms with Crippen molar-refractivity contribution in [2.45, 2.75) is 24.3 Å². The van der Waals surface area contributed by atoms with Crippen molar-refractivity contribution in [3.8, 4) is 11.4 Å². The first-order valence-corrected chi connectivity index (χ1v) is 8.19. The fraction of sp³-hybridized carbons (Fsp3) is 0.200. The zero-order chi connectivity index (χ0) is 18.0. The predicted molar refractivity (Wildman–Crippen MR) is 90.8 cm³/mol. The van der Waals surface area contributed by atoms with E-state index >= 15 is 0 Å². The van der Waals surface area contributed by atoms with Crippen molar-refractivity contribution in [3.05, 3.63) is 41.9 Å². The van der Waals surface area contributed by atoms with Crippen molar-refractivity contribution in [2.75, 3.05) is 11.2 Å². The highest BCUT2D eigenvalue weighted by atomic mass is 32.2. The summed E-state index contributed by atoms with van der Waals surface area (Å²) in [5.74, 6) is 6.69. The molecular formula is C15H15FN6O2S. The normalized spacial score (nSPS) is 12.1. The molecule has 10 heteroatoms. The third-order valence-corrected chi connectivity index (χ3v) is 4.35. The van der Waals surface area contributed by atoms with Crippen molar-refractivity contribution in [3.63, 3.8) is 0 Å². The number of rotatable bonds is 5. The van der Waals surface area contributed by atoms with Crippen LogP contribution < -0.4 is 11.2 Å². The smallest absolute Gasteiger partial charge is 0.238 e. The summed E-state index contributed by atoms with van der Waals surface area (Å²) in [6, 6.07) is 7.35. The van der Waals surface area contributed by atoms with Crippen LogP contribution >= 0.6 is 11.8 Å². The van der Waals surface area contributed by atoms with Crippen LogP contribution in [0.3, 0.4) is 0 Å². The molecule has 1 aromatic carbocycles. The number of aryl methyl sites for hydroxylation is 1. The van der Waals surface area contributed by atoms with Crippen LogP contribution in [0.4, 0.5) is 10.2 Å². The number of nitrogens with two attached hydrogens (primary N) is 1. The van der Waals surface area contributed by atoms with Crippen LogP contribution in [0.15, 0.2) is 40.0 Å². The summed E-state index contributed by atoms with van der Waals surface area (Å²) in [6.45, 7) is 3.44. The van der Waals surface area contributed by atoms with E-state index in [0.29, 0.717) is 28.1 Å². The number of halogens is 1. The average molecular weight is 362 g/mol. The summed E-state index contributed by atoms with van der Waals surface area (Å²) in [7, 11) is 0. The first kappa shape index (κ1) is 17.0. The molecule has 0 saturated carbocycles. The first-order valence-electron chi connectivity index (χ1n) is 7.31. The van der Waals surface area contributed by atoms with E-state index in [1.807, 2.05) is 0 Å². The second-order valence-corrected chi connectivity index (χ2v) is 6.56. The van der Waals surface area contributed by atoms with Gasteiger partial charge in [-0.05, 0) is 38.1 Å². The van der Waals surface area contributed by atoms with Crippen LogP contribution in [0.5, 0.6) is 0 Å². The van der Waals surface area contributed by atoms with Crippen molar-refractivity contribution in [1.82, 2.24) is 20.0 Å². The number of hydrogen-bond donors (Lipinski definition) is 2. The van der Waals surface area contributed by atoms with Crippen molar-refractivity contribution >= 4 is 23.5 Å². The Balaban J connectivity index is 1.70. The topological polar surface area (TPSA) is 112 Å². The Kier molecular flexibility index (Phi) is 4.70. The van der Waals surface area contributed by atoms with Gasteiger partial charge in [0.2, 0.25) is 11.1 Å². The third-order valence-electron chi connectivity index (χ3n) is 3.30. The van der Waals surface area contributed by atoms with Gasteiger partial charge in [0.25, 0.3) is 0 Å². The maximum atomic E-state index is 13.0. The van der Waals surface area contributed by atoms with E-state index in [-0.39, 0.29) is 11.7 Å². The van der Waals surface area contributed by atoms with E-state index in [1.54, 1.807) is 32.0 Å². The minimum atomic E-state index is -0.496. The lowest BCUT2D eigenvalue weighted by Gasteiger charge is -2.09. The van der Waals surface area contributed by atoms with Gasteiger partial charge in [-0.2, -0.15) is 0 Å². The highest BCUT2D eigenvalue weighted by Gasteiger charge is 2.20. The van der Waals surface area contributed by atoms with Gasteiger partial charge in [-0.25, -0.2) is 9.07 Å². The molecule has 1 amide bonds. The van der Waals surface area contributed by atoms with Crippen LogP contribution in [-0.4, -0.2) is 31.2 Å². The molecule has 0 aliphatic rings. The summed E-state index contributed by atoms with van der Waals surface area (Å²) >= 11 is 1.14. The first-order chi connectivity index (χ1) is 11.9. The number of hydrogen-bond acceptors (Lipinski definition) is 7. The van der Waals surface area contributed by atoms with E-state index in [0.717, 1.165) is 11.8 Å². The maximum absolute atomic E-state index is 13.0. The van der Waals surface area contributed by atoms with Gasteiger partial charge in [-0.1, -0.05) is 16.9 Å². The second-order valence-electron chi connectivity index (χ2n) is 5.26. The lowest BCUT2D eigenvalue weighted by Crippen LogP contribution is -2.23. The van der Waals surface area contributed by atoms with Gasteiger partial charge < -0.3 is 15.7 Å². The molecule has 3 aromatic rings. The molecule has 130 valence electrons. The molecule has 0 fully saturated rings. The molecule has 3 N–H and O–H groups in total. The number of thioether (sulfide) groups is 1. The van der Waals surface area contributed by atoms with E-state index in [1.165, 1.54) is 16.8 Å². The molecule has 0 unspecified atom stereocenters. The zero-order valence-corrected chi connectivity index (χ0v) is 14.2. The van der Waals surface area contributed by atoms with E-state index in [2.05, 4.69) is 20.7 Å². The summed E-state index contributed by atoms with van der Waals surface area (Å²) in [5, 5.41) is 14.2. The molecule has 3 rings (SSSR count). The molecule has 0 bridgehead atoms. The average Bonchev–Trinajstić information content (AvgIpc) is 3.15. The number of carbonyl (C=O) groups is 1. The number of benzene rings is 1. The predicted octanol–water partition coefficient (Wildman–Crippen LogP) is 2.21. The molecule has 2 heterocycles. The monoisotopic (exact) mass is 362 g/mol. The van der Waals surface area contributed by atoms with Gasteiger partial charge in [0.15, 0.2) is 11.6 Å². The molecule has 0 aliphatic heterocycles. The number of nitrogens with one attached hydrogen (secondary N) is 1. The number of anilines is 1. The highest BCUT2D eigenvalue weighted by molar-refractivity contribution is 8.00. The fourth-order valence-corrected chi connectivity index (χ4v) is 2.79. The van der Waals surface area contributed by atoms with E-state index in [4.69, 9.17) is 10.4 Å². The Morgan fingerprint density at radius 1 is 1.36 bits per heavy atom. The van der Waals surface area contributed by atoms with Gasteiger partial charge in [0.1, 0.15) is 11.6 Å². The van der Waals surface area contributed by atoms with Gasteiger partial charge in [-0.15, -0.1) is 10.2 Å². The number of amides is 1. The number of carbonyl (C=O) groups excluding carboxylic acids is 1. The SMILES string of the molecule is Cc1cc(NC(=O)[C@H](C)Sc2nnc(-c3ccc(F)cc3)n2N)no1. The number of aromatic nitrogens is 4. The van der Waals surface area contributed by atoms with Crippen LogP contribution in [0.1, 0.15) is 12.7 Å². The molecule has 8 nitrogen and oxygen atoms in total. The highest BCUT2D eigenvalue weighted by Crippen LogP contribution is 2.25. The molecule has 0 spiro atoms. The molecular weight excluding hydrogens is 347 g/mol. The lowest BCUT2D eigenvalue weighted by molar-refractivity contribution is -0.115. The molecule has 0 radical (unpaired) electrons. The largest absolute Gasteiger partial charge is 0.360 e. The zero-order valence-electron chi connectivity index (χ0n) is 13.4. The third kappa shape index (κ3) is 3.79. The summed E-state index contributed by atoms with van der Waals surface area (Å²) < 4.78 is 19.2. The quantitative estimate of drug-likeness (QED) is 0.528. The molecule has 0 saturated heterocycles. The standard InChI is InChI=1S/C15H15FN6O2S/c1-8-7-12(21-24-8)18-14(23)9(2)25-15-20-19-13(22(15)17)10-3-5-11(16)6-4-10/h3-7,9H,17H2,1-2H3,(H,18,21,23)/t9-/m0/s1. The van der Waals surface area contributed by atoms with Crippen LogP contribution in [0, 0.1) is 12.7 Å². The van der Waals surface area contributed by atoms with Crippen molar-refractivity contribution in [1.29, 1.82) is 0 Å². The van der Waals surface area contributed by atoms with Crippen LogP contribution in [0.25, 0.3) is 11.4 Å². The van der Waals surface area contributed by atoms with Crippen molar-refractivity contribution in [2.24, 2.45) is 0 Å². The van der Waals surface area contributed by atoms with Crippen LogP contribution in [-0.2, 0) is 4.79 Å². The number of nitrogens with zero attached hydrogens (tertiary/aromatic N) is 4. The second kappa shape index (κ2) is 6.93. The Labute approximate surface area is 146 Å². The van der Waals surface area contributed by atoms with Crippen molar-refractivity contribution < 1.29 is 13.7 Å². The van der Waals surface area contributed by atoms with Gasteiger partial charge in [-0.3, -0.25) is 4.79 Å². The lowest BCUT2D eigenvalue weighted by atomic mass is 10.2. The summed E-state index contributed by atoms with van der Waals surface area (Å²) in [4.78, 5) is 12.2. The van der Waals surface area contributed by atoms with Gasteiger partial charge in [0.05, 0.1) is 5.25 Å². The van der Waals surface area contributed by atoms with Crippen LogP contribution in [0.2, 0.25) is 0 Å². The molecule has 2 aromatic heterocycles. The van der Waals surface area contributed by atoms with Gasteiger partial charge >= 0.3 is 0 Å². The minimum absolute atomic E-state index is 0.273. The Bertz CT molecular complexity index is 892. The van der Waals surface area contributed by atoms with E-state index in [9.17, 15) is 9.18 Å². The molecule has 0 aliphatic carbocycles. The summed E-state index contributed by atoms with van der Waals surface area (Å²) in [6.07, 6.45) is 0. The molecule has 1 atom stereocenters. The van der Waals surface area contributed by atoms with Gasteiger partial charge in [0, 0.05) is 11.6 Å². The van der Waals surface area contributed by atoms with E-state index < -0.39 is 5.25 Å².